The second kappa shape index (κ2) is 10.6. The minimum absolute atomic E-state index is 0.0870. The van der Waals surface area contributed by atoms with Crippen molar-refractivity contribution in [3.05, 3.63) is 82.9 Å². The number of piperazine rings is 1. The number of hydrogen-bond donors (Lipinski definition) is 1. The van der Waals surface area contributed by atoms with Crippen molar-refractivity contribution in [3.63, 3.8) is 0 Å². The number of nitrogens with one attached hydrogen (secondary N) is 1. The van der Waals surface area contributed by atoms with Crippen molar-refractivity contribution in [1.82, 2.24) is 19.8 Å². The molecule has 3 aromatic carbocycles. The number of nitrogens with zero attached hydrogens (tertiary/aromatic N) is 4. The summed E-state index contributed by atoms with van der Waals surface area (Å²) in [6, 6.07) is 22.8. The lowest BCUT2D eigenvalue weighted by Gasteiger charge is -2.34. The molecule has 1 fully saturated rings. The fourth-order valence-electron chi connectivity index (χ4n) is 4.86. The van der Waals surface area contributed by atoms with Crippen molar-refractivity contribution in [2.75, 3.05) is 32.7 Å². The molecule has 1 saturated heterocycles. The predicted octanol–water partition coefficient (Wildman–Crippen LogP) is 4.74. The fraction of sp³-hybridized carbons (Fsp3) is 0.286. The summed E-state index contributed by atoms with van der Waals surface area (Å²) in [7, 11) is 0. The van der Waals surface area contributed by atoms with Crippen molar-refractivity contribution in [2.45, 2.75) is 20.0 Å². The van der Waals surface area contributed by atoms with Crippen molar-refractivity contribution < 1.29 is 4.79 Å². The molecule has 0 atom stereocenters. The Hall–Kier alpha value is -3.19. The van der Waals surface area contributed by atoms with Crippen LogP contribution in [0.2, 0.25) is 5.02 Å². The van der Waals surface area contributed by atoms with E-state index in [0.29, 0.717) is 6.54 Å². The van der Waals surface area contributed by atoms with Crippen molar-refractivity contribution in [1.29, 1.82) is 0 Å². The third-order valence-corrected chi connectivity index (χ3v) is 6.92. The van der Waals surface area contributed by atoms with Gasteiger partial charge in [-0.3, -0.25) is 14.6 Å². The number of para-hydroxylation sites is 1. The van der Waals surface area contributed by atoms with Gasteiger partial charge < -0.3 is 4.57 Å². The van der Waals surface area contributed by atoms with Crippen LogP contribution in [-0.4, -0.2) is 59.2 Å². The molecule has 1 aliphatic heterocycles. The van der Waals surface area contributed by atoms with Gasteiger partial charge >= 0.3 is 0 Å². The van der Waals surface area contributed by atoms with Gasteiger partial charge in [-0.15, -0.1) is 0 Å². The maximum absolute atomic E-state index is 12.4. The molecule has 0 bridgehead atoms. The van der Waals surface area contributed by atoms with Crippen molar-refractivity contribution >= 4 is 45.5 Å². The maximum Gasteiger partial charge on any atom is 0.254 e. The number of fused-ring (bicyclic) bond motifs is 3. The number of benzene rings is 3. The average molecular weight is 488 g/mol. The Morgan fingerprint density at radius 1 is 0.943 bits per heavy atom. The van der Waals surface area contributed by atoms with Gasteiger partial charge in [-0.05, 0) is 48.4 Å². The first-order valence-corrected chi connectivity index (χ1v) is 12.5. The van der Waals surface area contributed by atoms with Gasteiger partial charge in [0.15, 0.2) is 0 Å². The molecule has 0 unspecified atom stereocenters. The molecule has 4 aromatic rings. The van der Waals surface area contributed by atoms with Crippen LogP contribution in [0.15, 0.2) is 71.8 Å². The number of carbonyl (C=O) groups is 1. The molecule has 2 heterocycles. The Bertz CT molecular complexity index is 1350. The molecule has 180 valence electrons. The van der Waals surface area contributed by atoms with E-state index in [-0.39, 0.29) is 5.91 Å². The largest absolute Gasteiger partial charge is 0.341 e. The Kier molecular flexibility index (Phi) is 7.13. The molecule has 6 nitrogen and oxygen atoms in total. The number of hydrazone groups is 1. The van der Waals surface area contributed by atoms with E-state index in [1.54, 1.807) is 6.21 Å². The lowest BCUT2D eigenvalue weighted by Crippen LogP contribution is -2.48. The molecule has 0 aliphatic carbocycles. The van der Waals surface area contributed by atoms with E-state index in [4.69, 9.17) is 11.6 Å². The zero-order valence-electron chi connectivity index (χ0n) is 20.0. The highest BCUT2D eigenvalue weighted by Crippen LogP contribution is 2.29. The number of amides is 1. The molecule has 1 N–H and O–H groups in total. The zero-order chi connectivity index (χ0) is 24.2. The normalized spacial score (nSPS) is 15.4. The molecule has 1 aliphatic rings. The van der Waals surface area contributed by atoms with Crippen LogP contribution in [0.1, 0.15) is 18.1 Å². The molecule has 1 amide bonds. The molecule has 0 saturated carbocycles. The predicted molar refractivity (Wildman–Crippen MR) is 144 cm³/mol. The molecule has 7 heteroatoms. The van der Waals surface area contributed by atoms with Crippen LogP contribution < -0.4 is 5.43 Å². The monoisotopic (exact) mass is 487 g/mol. The van der Waals surface area contributed by atoms with E-state index >= 15 is 0 Å². The van der Waals surface area contributed by atoms with Gasteiger partial charge in [-0.1, -0.05) is 48.0 Å². The lowest BCUT2D eigenvalue weighted by atomic mass is 10.1. The maximum atomic E-state index is 12.4. The van der Waals surface area contributed by atoms with Crippen molar-refractivity contribution in [2.24, 2.45) is 5.10 Å². The molecule has 0 radical (unpaired) electrons. The van der Waals surface area contributed by atoms with E-state index in [1.165, 1.54) is 27.4 Å². The smallest absolute Gasteiger partial charge is 0.254 e. The minimum Gasteiger partial charge on any atom is -0.341 e. The van der Waals surface area contributed by atoms with E-state index in [0.717, 1.165) is 49.9 Å². The summed E-state index contributed by atoms with van der Waals surface area (Å²) in [5, 5.41) is 7.42. The van der Waals surface area contributed by atoms with Crippen LogP contribution in [0, 0.1) is 0 Å². The van der Waals surface area contributed by atoms with E-state index in [1.807, 2.05) is 18.2 Å². The summed E-state index contributed by atoms with van der Waals surface area (Å²) in [5.74, 6) is -0.0870. The standard InChI is InChI=1S/C28H30ClN5O/c1-2-34-26-6-4-3-5-24(26)25-17-22(9-12-27(25)34)18-30-31-28(35)20-33-15-13-32(14-16-33)19-21-7-10-23(29)11-8-21/h3-12,17-18H,2,13-16,19-20H2,1H3,(H,31,35). The van der Waals surface area contributed by atoms with Crippen molar-refractivity contribution in [3.8, 4) is 0 Å². The molecule has 0 spiro atoms. The summed E-state index contributed by atoms with van der Waals surface area (Å²) in [6.07, 6.45) is 1.72. The summed E-state index contributed by atoms with van der Waals surface area (Å²) in [5.41, 5.74) is 7.37. The number of aryl methyl sites for hydroxylation is 1. The van der Waals surface area contributed by atoms with Gasteiger partial charge in [-0.2, -0.15) is 5.10 Å². The summed E-state index contributed by atoms with van der Waals surface area (Å²) >= 11 is 5.97. The van der Waals surface area contributed by atoms with Crippen LogP contribution in [0.25, 0.3) is 21.8 Å². The van der Waals surface area contributed by atoms with Gasteiger partial charge in [0.2, 0.25) is 0 Å². The van der Waals surface area contributed by atoms with Crippen LogP contribution in [-0.2, 0) is 17.9 Å². The second-order valence-corrected chi connectivity index (χ2v) is 9.45. The lowest BCUT2D eigenvalue weighted by molar-refractivity contribution is -0.122. The van der Waals surface area contributed by atoms with Gasteiger partial charge in [0.25, 0.3) is 5.91 Å². The summed E-state index contributed by atoms with van der Waals surface area (Å²) in [4.78, 5) is 17.0. The number of rotatable bonds is 7. The summed E-state index contributed by atoms with van der Waals surface area (Å²) < 4.78 is 2.32. The SMILES string of the molecule is CCn1c2ccccc2c2cc(C=NNC(=O)CN3CCN(Cc4ccc(Cl)cc4)CC3)ccc21. The van der Waals surface area contributed by atoms with Gasteiger partial charge in [-0.25, -0.2) is 5.43 Å². The average Bonchev–Trinajstić information content (AvgIpc) is 3.19. The van der Waals surface area contributed by atoms with E-state index < -0.39 is 0 Å². The number of aromatic nitrogens is 1. The third-order valence-electron chi connectivity index (χ3n) is 6.67. The third kappa shape index (κ3) is 5.40. The Labute approximate surface area is 210 Å². The Morgan fingerprint density at radius 3 is 2.43 bits per heavy atom. The molecule has 1 aromatic heterocycles. The van der Waals surface area contributed by atoms with E-state index in [2.05, 4.69) is 80.3 Å². The highest BCUT2D eigenvalue weighted by atomic mass is 35.5. The van der Waals surface area contributed by atoms with Gasteiger partial charge in [0.05, 0.1) is 12.8 Å². The van der Waals surface area contributed by atoms with Crippen LogP contribution in [0.3, 0.4) is 0 Å². The van der Waals surface area contributed by atoms with Crippen LogP contribution in [0.5, 0.6) is 0 Å². The van der Waals surface area contributed by atoms with Gasteiger partial charge in [0.1, 0.15) is 0 Å². The van der Waals surface area contributed by atoms with Crippen LogP contribution >= 0.6 is 11.6 Å². The van der Waals surface area contributed by atoms with Gasteiger partial charge in [0, 0.05) is 66.1 Å². The highest BCUT2D eigenvalue weighted by molar-refractivity contribution is 6.30. The first kappa shape index (κ1) is 23.5. The number of carbonyl (C=O) groups excluding carboxylic acids is 1. The Balaban J connectivity index is 1.14. The highest BCUT2D eigenvalue weighted by Gasteiger charge is 2.19. The number of halogens is 1. The topological polar surface area (TPSA) is 52.9 Å². The molecular weight excluding hydrogens is 458 g/mol. The van der Waals surface area contributed by atoms with Crippen LogP contribution in [0.4, 0.5) is 0 Å². The zero-order valence-corrected chi connectivity index (χ0v) is 20.7. The molecule has 35 heavy (non-hydrogen) atoms. The quantitative estimate of drug-likeness (QED) is 0.303. The summed E-state index contributed by atoms with van der Waals surface area (Å²) in [6.45, 7) is 7.94. The molecular formula is C28H30ClN5O. The number of hydrogen-bond acceptors (Lipinski definition) is 4. The minimum atomic E-state index is -0.0870. The first-order valence-electron chi connectivity index (χ1n) is 12.1. The Morgan fingerprint density at radius 2 is 1.66 bits per heavy atom. The second-order valence-electron chi connectivity index (χ2n) is 9.01. The fourth-order valence-corrected chi connectivity index (χ4v) is 4.99. The first-order chi connectivity index (χ1) is 17.1. The molecule has 5 rings (SSSR count). The van der Waals surface area contributed by atoms with E-state index in [9.17, 15) is 4.79 Å².